The normalized spacial score (nSPS) is 10.1. The number of anilines is 1. The largest absolute Gasteiger partial charge is 0.478 e. The van der Waals surface area contributed by atoms with E-state index in [9.17, 15) is 4.79 Å². The number of hydrogen-bond donors (Lipinski definition) is 2. The second-order valence-corrected chi connectivity index (χ2v) is 4.45. The number of aromatic carboxylic acids is 1. The van der Waals surface area contributed by atoms with Crippen molar-refractivity contribution in [3.05, 3.63) is 52.5 Å². The predicted molar refractivity (Wildman–Crippen MR) is 72.0 cm³/mol. The average molecular weight is 308 g/mol. The van der Waals surface area contributed by atoms with E-state index >= 15 is 0 Å². The van der Waals surface area contributed by atoms with Crippen molar-refractivity contribution >= 4 is 27.6 Å². The topological polar surface area (TPSA) is 72.6 Å². The number of nitrogens with two attached hydrogens (primary N) is 1. The third-order valence-electron chi connectivity index (χ3n) is 2.29. The van der Waals surface area contributed by atoms with Crippen LogP contribution in [0.5, 0.6) is 11.5 Å². The molecule has 18 heavy (non-hydrogen) atoms. The first-order valence-corrected chi connectivity index (χ1v) is 5.92. The summed E-state index contributed by atoms with van der Waals surface area (Å²) in [6.07, 6.45) is 0. The molecule has 0 atom stereocenters. The lowest BCUT2D eigenvalue weighted by atomic mass is 10.2. The first-order chi connectivity index (χ1) is 8.58. The maximum Gasteiger partial charge on any atom is 0.339 e. The van der Waals surface area contributed by atoms with E-state index in [-0.39, 0.29) is 11.3 Å². The quantitative estimate of drug-likeness (QED) is 0.851. The minimum Gasteiger partial charge on any atom is -0.478 e. The van der Waals surface area contributed by atoms with Gasteiger partial charge < -0.3 is 15.6 Å². The number of ether oxygens (including phenoxy) is 1. The molecule has 2 aromatic rings. The third kappa shape index (κ3) is 2.62. The van der Waals surface area contributed by atoms with Crippen molar-refractivity contribution in [1.82, 2.24) is 0 Å². The number of halogens is 1. The number of hydrogen-bond acceptors (Lipinski definition) is 3. The minimum atomic E-state index is -1.06. The van der Waals surface area contributed by atoms with Crippen molar-refractivity contribution in [1.29, 1.82) is 0 Å². The molecular weight excluding hydrogens is 298 g/mol. The van der Waals surface area contributed by atoms with Crippen LogP contribution in [0, 0.1) is 0 Å². The Bertz CT molecular complexity index is 599. The van der Waals surface area contributed by atoms with Crippen LogP contribution in [0.25, 0.3) is 0 Å². The lowest BCUT2D eigenvalue weighted by Gasteiger charge is -2.10. The monoisotopic (exact) mass is 307 g/mol. The fourth-order valence-electron chi connectivity index (χ4n) is 1.45. The summed E-state index contributed by atoms with van der Waals surface area (Å²) in [4.78, 5) is 11.1. The zero-order valence-electron chi connectivity index (χ0n) is 9.26. The molecule has 2 rings (SSSR count). The molecule has 0 spiro atoms. The average Bonchev–Trinajstić information content (AvgIpc) is 2.32. The van der Waals surface area contributed by atoms with E-state index in [2.05, 4.69) is 15.9 Å². The highest BCUT2D eigenvalue weighted by Gasteiger charge is 2.13. The van der Waals surface area contributed by atoms with Crippen LogP contribution >= 0.6 is 15.9 Å². The van der Waals surface area contributed by atoms with Gasteiger partial charge in [-0.3, -0.25) is 0 Å². The van der Waals surface area contributed by atoms with Crippen molar-refractivity contribution in [2.24, 2.45) is 0 Å². The summed E-state index contributed by atoms with van der Waals surface area (Å²) in [5.41, 5.74) is 6.15. The predicted octanol–water partition coefficient (Wildman–Crippen LogP) is 3.52. The number of rotatable bonds is 3. The maximum absolute atomic E-state index is 11.1. The summed E-state index contributed by atoms with van der Waals surface area (Å²) in [6.45, 7) is 0. The van der Waals surface area contributed by atoms with E-state index in [0.29, 0.717) is 11.4 Å². The van der Waals surface area contributed by atoms with Gasteiger partial charge in [-0.05, 0) is 40.2 Å². The van der Waals surface area contributed by atoms with Gasteiger partial charge in [0.1, 0.15) is 17.1 Å². The molecule has 0 amide bonds. The molecule has 0 radical (unpaired) electrons. The Kier molecular flexibility index (Phi) is 3.53. The van der Waals surface area contributed by atoms with Gasteiger partial charge in [-0.2, -0.15) is 0 Å². The molecule has 2 aromatic carbocycles. The van der Waals surface area contributed by atoms with Gasteiger partial charge in [0.05, 0.1) is 4.47 Å². The second kappa shape index (κ2) is 5.10. The second-order valence-electron chi connectivity index (χ2n) is 3.59. The standard InChI is InChI=1S/C13H10BrNO3/c14-10-3-1-2-4-11(10)18-12-7-8(15)5-6-9(12)13(16)17/h1-7H,15H2,(H,16,17). The van der Waals surface area contributed by atoms with Gasteiger partial charge >= 0.3 is 5.97 Å². The minimum absolute atomic E-state index is 0.0694. The van der Waals surface area contributed by atoms with Crippen LogP contribution in [0.3, 0.4) is 0 Å². The Balaban J connectivity index is 2.42. The van der Waals surface area contributed by atoms with Gasteiger partial charge in [0, 0.05) is 11.8 Å². The molecule has 0 bridgehead atoms. The van der Waals surface area contributed by atoms with Gasteiger partial charge in [-0.25, -0.2) is 4.79 Å². The van der Waals surface area contributed by atoms with Crippen LogP contribution in [0.2, 0.25) is 0 Å². The van der Waals surface area contributed by atoms with Gasteiger partial charge in [0.25, 0.3) is 0 Å². The van der Waals surface area contributed by atoms with Crippen LogP contribution in [0.4, 0.5) is 5.69 Å². The van der Waals surface area contributed by atoms with E-state index < -0.39 is 5.97 Å². The molecule has 0 aliphatic rings. The molecule has 5 heteroatoms. The van der Waals surface area contributed by atoms with Crippen LogP contribution in [-0.4, -0.2) is 11.1 Å². The Hall–Kier alpha value is -2.01. The number of carboxylic acid groups (broad SMARTS) is 1. The summed E-state index contributed by atoms with van der Waals surface area (Å²) in [7, 11) is 0. The highest BCUT2D eigenvalue weighted by Crippen LogP contribution is 2.32. The molecule has 4 nitrogen and oxygen atoms in total. The first kappa shape index (κ1) is 12.4. The lowest BCUT2D eigenvalue weighted by molar-refractivity contribution is 0.0694. The fraction of sp³-hybridized carbons (Fsp3) is 0. The molecule has 0 saturated carbocycles. The summed E-state index contributed by atoms with van der Waals surface area (Å²) < 4.78 is 6.31. The van der Waals surface area contributed by atoms with E-state index in [0.717, 1.165) is 4.47 Å². The molecule has 3 N–H and O–H groups in total. The van der Waals surface area contributed by atoms with Crippen molar-refractivity contribution in [3.8, 4) is 11.5 Å². The summed E-state index contributed by atoms with van der Waals surface area (Å²) in [5, 5.41) is 9.07. The Morgan fingerprint density at radius 3 is 2.56 bits per heavy atom. The molecular formula is C13H10BrNO3. The third-order valence-corrected chi connectivity index (χ3v) is 2.95. The molecule has 0 saturated heterocycles. The van der Waals surface area contributed by atoms with Gasteiger partial charge in [0.2, 0.25) is 0 Å². The van der Waals surface area contributed by atoms with E-state index in [4.69, 9.17) is 15.6 Å². The van der Waals surface area contributed by atoms with Crippen LogP contribution in [-0.2, 0) is 0 Å². The molecule has 0 fully saturated rings. The van der Waals surface area contributed by atoms with E-state index in [1.54, 1.807) is 12.1 Å². The first-order valence-electron chi connectivity index (χ1n) is 5.13. The van der Waals surface area contributed by atoms with Crippen LogP contribution < -0.4 is 10.5 Å². The number of carboxylic acids is 1. The highest BCUT2D eigenvalue weighted by molar-refractivity contribution is 9.10. The van der Waals surface area contributed by atoms with Gasteiger partial charge in [-0.1, -0.05) is 12.1 Å². The molecule has 0 aliphatic heterocycles. The zero-order chi connectivity index (χ0) is 13.1. The van der Waals surface area contributed by atoms with Crippen molar-refractivity contribution < 1.29 is 14.6 Å². The number of carbonyl (C=O) groups is 1. The lowest BCUT2D eigenvalue weighted by Crippen LogP contribution is -2.01. The Morgan fingerprint density at radius 2 is 1.89 bits per heavy atom. The van der Waals surface area contributed by atoms with Crippen molar-refractivity contribution in [2.45, 2.75) is 0 Å². The maximum atomic E-state index is 11.1. The molecule has 0 aromatic heterocycles. The summed E-state index contributed by atoms with van der Waals surface area (Å²) >= 11 is 3.33. The highest BCUT2D eigenvalue weighted by atomic mass is 79.9. The number of benzene rings is 2. The van der Waals surface area contributed by atoms with Crippen molar-refractivity contribution in [3.63, 3.8) is 0 Å². The molecule has 92 valence electrons. The smallest absolute Gasteiger partial charge is 0.339 e. The number of nitrogen functional groups attached to an aromatic ring is 1. The molecule has 0 heterocycles. The number of para-hydroxylation sites is 1. The summed E-state index contributed by atoms with van der Waals surface area (Å²) in [5.74, 6) is -0.308. The van der Waals surface area contributed by atoms with Gasteiger partial charge in [0.15, 0.2) is 0 Å². The summed E-state index contributed by atoms with van der Waals surface area (Å²) in [6, 6.07) is 11.6. The van der Waals surface area contributed by atoms with Crippen molar-refractivity contribution in [2.75, 3.05) is 5.73 Å². The van der Waals surface area contributed by atoms with Crippen LogP contribution in [0.15, 0.2) is 46.9 Å². The van der Waals surface area contributed by atoms with E-state index in [1.807, 2.05) is 12.1 Å². The Labute approximate surface area is 112 Å². The fourth-order valence-corrected chi connectivity index (χ4v) is 1.81. The molecule has 0 unspecified atom stereocenters. The Morgan fingerprint density at radius 1 is 1.17 bits per heavy atom. The van der Waals surface area contributed by atoms with E-state index in [1.165, 1.54) is 18.2 Å². The SMILES string of the molecule is Nc1ccc(C(=O)O)c(Oc2ccccc2Br)c1. The molecule has 0 aliphatic carbocycles. The van der Waals surface area contributed by atoms with Gasteiger partial charge in [-0.15, -0.1) is 0 Å². The van der Waals surface area contributed by atoms with Crippen LogP contribution in [0.1, 0.15) is 10.4 Å². The zero-order valence-corrected chi connectivity index (χ0v) is 10.8.